The van der Waals surface area contributed by atoms with Crippen molar-refractivity contribution < 1.29 is 4.79 Å². The van der Waals surface area contributed by atoms with E-state index >= 15 is 0 Å². The summed E-state index contributed by atoms with van der Waals surface area (Å²) in [5.41, 5.74) is 2.01. The summed E-state index contributed by atoms with van der Waals surface area (Å²) < 4.78 is 0. The fourth-order valence-corrected chi connectivity index (χ4v) is 1.54. The topological polar surface area (TPSA) is 89.8 Å². The lowest BCUT2D eigenvalue weighted by molar-refractivity contribution is 0.182. The number of aromatic nitrogens is 3. The highest BCUT2D eigenvalue weighted by atomic mass is 16.2. The fraction of sp³-hybridized carbons (Fsp3) is 0.364. The molecule has 1 N–H and O–H groups in total. The zero-order valence-corrected chi connectivity index (χ0v) is 11.0. The number of amides is 2. The van der Waals surface area contributed by atoms with Gasteiger partial charge in [-0.2, -0.15) is 25.6 Å². The third-order valence-corrected chi connectivity index (χ3v) is 2.49. The highest BCUT2D eigenvalue weighted by Gasteiger charge is 2.09. The van der Waals surface area contributed by atoms with Gasteiger partial charge in [0.05, 0.1) is 0 Å². The number of fused-ring (bicyclic) bond motifs is 1. The Bertz CT molecular complexity index is 604. The number of hydrogen-bond donors (Lipinski definition) is 1. The van der Waals surface area contributed by atoms with E-state index in [1.54, 1.807) is 27.2 Å². The van der Waals surface area contributed by atoms with Crippen LogP contribution in [-0.2, 0) is 0 Å². The van der Waals surface area contributed by atoms with E-state index in [-0.39, 0.29) is 12.7 Å². The van der Waals surface area contributed by atoms with E-state index in [0.717, 1.165) is 5.52 Å². The van der Waals surface area contributed by atoms with Crippen molar-refractivity contribution in [3.05, 3.63) is 18.2 Å². The molecule has 0 radical (unpaired) electrons. The highest BCUT2D eigenvalue weighted by molar-refractivity contribution is 5.85. The predicted octanol–water partition coefficient (Wildman–Crippen LogP) is 1.61. The molecule has 2 amide bonds. The van der Waals surface area contributed by atoms with Crippen molar-refractivity contribution in [2.24, 2.45) is 10.2 Å². The normalized spacial score (nSPS) is 11.1. The molecule has 0 aliphatic rings. The van der Waals surface area contributed by atoms with Crippen LogP contribution in [0.5, 0.6) is 0 Å². The molecule has 0 aliphatic heterocycles. The van der Waals surface area contributed by atoms with Crippen LogP contribution >= 0.6 is 0 Å². The van der Waals surface area contributed by atoms with Gasteiger partial charge in [-0.15, -0.1) is 0 Å². The van der Waals surface area contributed by atoms with Gasteiger partial charge < -0.3 is 9.80 Å². The zero-order valence-electron chi connectivity index (χ0n) is 11.0. The second-order valence-corrected chi connectivity index (χ2v) is 4.23. The first kappa shape index (κ1) is 12.9. The second-order valence-electron chi connectivity index (χ2n) is 4.23. The van der Waals surface area contributed by atoms with Crippen LogP contribution in [0.15, 0.2) is 28.4 Å². The summed E-state index contributed by atoms with van der Waals surface area (Å²) in [6, 6.07) is 5.33. The molecule has 1 aromatic carbocycles. The average molecular weight is 261 g/mol. The lowest BCUT2D eigenvalue weighted by Crippen LogP contribution is -2.36. The number of carbonyl (C=O) groups is 1. The Morgan fingerprint density at radius 2 is 2.11 bits per heavy atom. The van der Waals surface area contributed by atoms with Crippen molar-refractivity contribution in [2.75, 3.05) is 27.8 Å². The van der Waals surface area contributed by atoms with Gasteiger partial charge in [0.25, 0.3) is 0 Å². The Morgan fingerprint density at radius 3 is 2.84 bits per heavy atom. The van der Waals surface area contributed by atoms with E-state index < -0.39 is 0 Å². The van der Waals surface area contributed by atoms with Gasteiger partial charge in [-0.1, -0.05) is 6.07 Å². The van der Waals surface area contributed by atoms with Crippen molar-refractivity contribution in [3.63, 3.8) is 0 Å². The van der Waals surface area contributed by atoms with Crippen LogP contribution in [-0.4, -0.2) is 59.1 Å². The summed E-state index contributed by atoms with van der Waals surface area (Å²) in [6.07, 6.45) is 0. The Kier molecular flexibility index (Phi) is 3.69. The number of aromatic amines is 1. The maximum absolute atomic E-state index is 11.6. The smallest absolute Gasteiger partial charge is 0.320 e. The average Bonchev–Trinajstić information content (AvgIpc) is 2.86. The summed E-state index contributed by atoms with van der Waals surface area (Å²) in [5, 5.41) is 18.6. The monoisotopic (exact) mass is 261 g/mol. The minimum absolute atomic E-state index is 0.126. The first-order chi connectivity index (χ1) is 9.09. The van der Waals surface area contributed by atoms with Gasteiger partial charge in [0, 0.05) is 21.1 Å². The molecule has 1 aromatic heterocycles. The Morgan fingerprint density at radius 1 is 1.32 bits per heavy atom. The van der Waals surface area contributed by atoms with E-state index in [2.05, 4.69) is 25.6 Å². The first-order valence-corrected chi connectivity index (χ1v) is 5.69. The molecule has 0 saturated heterocycles. The number of rotatable bonds is 3. The van der Waals surface area contributed by atoms with E-state index in [9.17, 15) is 4.79 Å². The molecule has 100 valence electrons. The molecular formula is C11H15N7O. The molecule has 1 heterocycles. The molecule has 0 fully saturated rings. The Hall–Kier alpha value is -2.51. The number of nitrogens with one attached hydrogen (secondary N) is 1. The fourth-order valence-electron chi connectivity index (χ4n) is 1.54. The summed E-state index contributed by atoms with van der Waals surface area (Å²) in [7, 11) is 5.04. The van der Waals surface area contributed by atoms with Gasteiger partial charge >= 0.3 is 6.03 Å². The molecule has 8 heteroatoms. The molecule has 19 heavy (non-hydrogen) atoms. The van der Waals surface area contributed by atoms with E-state index in [4.69, 9.17) is 0 Å². The van der Waals surface area contributed by atoms with Crippen LogP contribution in [0, 0.1) is 0 Å². The number of benzene rings is 1. The number of H-pyrrole nitrogens is 1. The number of carbonyl (C=O) groups excluding carboxylic acids is 1. The lowest BCUT2D eigenvalue weighted by Gasteiger charge is -2.18. The standard InChI is InChI=1S/C11H15N7O/c1-17(2)11(19)18(3)7-12-13-8-5-4-6-9-10(8)15-16-14-9/h4-6H,7H2,1-3H3,(H,14,15,16). The lowest BCUT2D eigenvalue weighted by atomic mass is 10.3. The minimum atomic E-state index is -0.126. The van der Waals surface area contributed by atoms with Crippen LogP contribution < -0.4 is 0 Å². The van der Waals surface area contributed by atoms with Gasteiger partial charge in [-0.05, 0) is 12.1 Å². The molecular weight excluding hydrogens is 246 g/mol. The molecule has 2 aromatic rings. The van der Waals surface area contributed by atoms with E-state index in [1.807, 2.05) is 12.1 Å². The molecule has 8 nitrogen and oxygen atoms in total. The minimum Gasteiger partial charge on any atom is -0.331 e. The molecule has 0 saturated carbocycles. The Balaban J connectivity index is 2.07. The molecule has 0 unspecified atom stereocenters. The maximum atomic E-state index is 11.6. The summed E-state index contributed by atoms with van der Waals surface area (Å²) in [4.78, 5) is 14.5. The highest BCUT2D eigenvalue weighted by Crippen LogP contribution is 2.21. The molecule has 2 rings (SSSR count). The predicted molar refractivity (Wildman–Crippen MR) is 70.1 cm³/mol. The van der Waals surface area contributed by atoms with Gasteiger partial charge in [-0.25, -0.2) is 4.79 Å². The van der Waals surface area contributed by atoms with Crippen LogP contribution in [0.2, 0.25) is 0 Å². The third-order valence-electron chi connectivity index (χ3n) is 2.49. The number of azo groups is 1. The summed E-state index contributed by atoms with van der Waals surface area (Å²) in [6.45, 7) is 0.186. The largest absolute Gasteiger partial charge is 0.331 e. The van der Waals surface area contributed by atoms with Crippen molar-refractivity contribution in [1.82, 2.24) is 25.2 Å². The van der Waals surface area contributed by atoms with Crippen LogP contribution in [0.25, 0.3) is 11.0 Å². The van der Waals surface area contributed by atoms with Crippen molar-refractivity contribution in [1.29, 1.82) is 0 Å². The quantitative estimate of drug-likeness (QED) is 0.851. The number of hydrogen-bond acceptors (Lipinski definition) is 5. The maximum Gasteiger partial charge on any atom is 0.320 e. The van der Waals surface area contributed by atoms with Crippen LogP contribution in [0.1, 0.15) is 0 Å². The molecule has 0 spiro atoms. The van der Waals surface area contributed by atoms with Gasteiger partial charge in [-0.3, -0.25) is 0 Å². The first-order valence-electron chi connectivity index (χ1n) is 5.69. The molecule has 0 bridgehead atoms. The summed E-state index contributed by atoms with van der Waals surface area (Å²) >= 11 is 0. The second kappa shape index (κ2) is 5.42. The van der Waals surface area contributed by atoms with Crippen molar-refractivity contribution in [3.8, 4) is 0 Å². The van der Waals surface area contributed by atoms with Crippen molar-refractivity contribution in [2.45, 2.75) is 0 Å². The molecule has 0 atom stereocenters. The SMILES string of the molecule is CN(C)C(=O)N(C)CN=Nc1cccc2n[nH]nc12. The molecule has 0 aliphatic carbocycles. The summed E-state index contributed by atoms with van der Waals surface area (Å²) in [5.74, 6) is 0. The van der Waals surface area contributed by atoms with Crippen molar-refractivity contribution >= 4 is 22.8 Å². The van der Waals surface area contributed by atoms with Crippen LogP contribution in [0.3, 0.4) is 0 Å². The van der Waals surface area contributed by atoms with Crippen LogP contribution in [0.4, 0.5) is 10.5 Å². The number of nitrogens with zero attached hydrogens (tertiary/aromatic N) is 6. The van der Waals surface area contributed by atoms with Gasteiger partial charge in [0.15, 0.2) is 0 Å². The van der Waals surface area contributed by atoms with Gasteiger partial charge in [0.1, 0.15) is 23.4 Å². The Labute approximate surface area is 110 Å². The third kappa shape index (κ3) is 2.84. The number of urea groups is 1. The zero-order chi connectivity index (χ0) is 13.8. The van der Waals surface area contributed by atoms with E-state index in [0.29, 0.717) is 11.2 Å². The number of para-hydroxylation sites is 1. The van der Waals surface area contributed by atoms with Gasteiger partial charge in [0.2, 0.25) is 0 Å². The van der Waals surface area contributed by atoms with E-state index in [1.165, 1.54) is 9.80 Å².